The first-order valence-corrected chi connectivity index (χ1v) is 6.40. The lowest BCUT2D eigenvalue weighted by Gasteiger charge is -2.06. The molecular formula is C13H26O3. The minimum atomic E-state index is -0.0933. The molecule has 0 aliphatic heterocycles. The van der Waals surface area contributed by atoms with Crippen LogP contribution in [0.4, 0.5) is 0 Å². The second-order valence-corrected chi connectivity index (χ2v) is 4.41. The van der Waals surface area contributed by atoms with Crippen LogP contribution in [0.5, 0.6) is 0 Å². The molecule has 0 aromatic heterocycles. The van der Waals surface area contributed by atoms with Gasteiger partial charge in [0.05, 0.1) is 6.61 Å². The summed E-state index contributed by atoms with van der Waals surface area (Å²) in [5.41, 5.74) is 0. The Labute approximate surface area is 99.5 Å². The van der Waals surface area contributed by atoms with Gasteiger partial charge in [0.15, 0.2) is 0 Å². The molecule has 0 saturated heterocycles. The first kappa shape index (κ1) is 15.4. The highest BCUT2D eigenvalue weighted by Gasteiger charge is 2.02. The third kappa shape index (κ3) is 11.5. The van der Waals surface area contributed by atoms with Crippen LogP contribution in [0.3, 0.4) is 0 Å². The number of hydrogen-bond donors (Lipinski definition) is 0. The third-order valence-corrected chi connectivity index (χ3v) is 2.31. The molecule has 0 saturated carbocycles. The van der Waals surface area contributed by atoms with Crippen molar-refractivity contribution in [3.8, 4) is 0 Å². The van der Waals surface area contributed by atoms with Crippen LogP contribution in [0.1, 0.15) is 52.9 Å². The zero-order valence-corrected chi connectivity index (χ0v) is 11.0. The van der Waals surface area contributed by atoms with Gasteiger partial charge in [-0.2, -0.15) is 0 Å². The highest BCUT2D eigenvalue weighted by atomic mass is 16.5. The van der Waals surface area contributed by atoms with Gasteiger partial charge in [-0.3, -0.25) is 4.79 Å². The average molecular weight is 230 g/mol. The number of hydrogen-bond acceptors (Lipinski definition) is 3. The maximum absolute atomic E-state index is 11.2. The Bertz CT molecular complexity index is 167. The van der Waals surface area contributed by atoms with Crippen LogP contribution in [0.25, 0.3) is 0 Å². The van der Waals surface area contributed by atoms with Crippen molar-refractivity contribution in [2.24, 2.45) is 5.92 Å². The van der Waals surface area contributed by atoms with Gasteiger partial charge in [-0.05, 0) is 32.1 Å². The van der Waals surface area contributed by atoms with Gasteiger partial charge in [0.1, 0.15) is 0 Å². The molecule has 0 amide bonds. The van der Waals surface area contributed by atoms with Crippen molar-refractivity contribution in [1.82, 2.24) is 0 Å². The number of carbonyl (C=O) groups excluding carboxylic acids is 1. The van der Waals surface area contributed by atoms with Crippen molar-refractivity contribution in [1.29, 1.82) is 0 Å². The summed E-state index contributed by atoms with van der Waals surface area (Å²) >= 11 is 0. The Morgan fingerprint density at radius 1 is 1.12 bits per heavy atom. The third-order valence-electron chi connectivity index (χ3n) is 2.31. The molecule has 16 heavy (non-hydrogen) atoms. The second-order valence-electron chi connectivity index (χ2n) is 4.41. The zero-order valence-electron chi connectivity index (χ0n) is 11.0. The maximum atomic E-state index is 11.2. The molecule has 0 atom stereocenters. The van der Waals surface area contributed by atoms with Gasteiger partial charge >= 0.3 is 5.97 Å². The Hall–Kier alpha value is -0.570. The van der Waals surface area contributed by atoms with Crippen LogP contribution in [-0.2, 0) is 14.3 Å². The van der Waals surface area contributed by atoms with E-state index in [1.54, 1.807) is 0 Å². The Morgan fingerprint density at radius 3 is 2.50 bits per heavy atom. The molecule has 0 aromatic rings. The summed E-state index contributed by atoms with van der Waals surface area (Å²) in [6, 6.07) is 0. The van der Waals surface area contributed by atoms with Crippen LogP contribution >= 0.6 is 0 Å². The van der Waals surface area contributed by atoms with Crippen LogP contribution < -0.4 is 0 Å². The van der Waals surface area contributed by atoms with Crippen LogP contribution in [0.2, 0.25) is 0 Å². The van der Waals surface area contributed by atoms with E-state index in [9.17, 15) is 4.79 Å². The maximum Gasteiger partial charge on any atom is 0.305 e. The summed E-state index contributed by atoms with van der Waals surface area (Å²) in [6.07, 6.45) is 4.57. The first-order chi connectivity index (χ1) is 7.66. The monoisotopic (exact) mass is 230 g/mol. The molecular weight excluding hydrogens is 204 g/mol. The average Bonchev–Trinajstić information content (AvgIpc) is 2.23. The number of ether oxygens (including phenoxy) is 2. The van der Waals surface area contributed by atoms with Gasteiger partial charge in [-0.1, -0.05) is 20.3 Å². The van der Waals surface area contributed by atoms with Crippen LogP contribution in [0.15, 0.2) is 0 Å². The molecule has 0 heterocycles. The minimum absolute atomic E-state index is 0.0933. The van der Waals surface area contributed by atoms with Crippen molar-refractivity contribution in [2.75, 3.05) is 19.8 Å². The van der Waals surface area contributed by atoms with E-state index in [1.807, 2.05) is 6.92 Å². The van der Waals surface area contributed by atoms with E-state index in [0.717, 1.165) is 25.2 Å². The summed E-state index contributed by atoms with van der Waals surface area (Å²) < 4.78 is 10.3. The quantitative estimate of drug-likeness (QED) is 0.427. The summed E-state index contributed by atoms with van der Waals surface area (Å²) in [6.45, 7) is 8.30. The van der Waals surface area contributed by atoms with Crippen LogP contribution in [0, 0.1) is 5.92 Å². The molecule has 3 heteroatoms. The smallest absolute Gasteiger partial charge is 0.305 e. The van der Waals surface area contributed by atoms with E-state index in [0.29, 0.717) is 26.2 Å². The molecule has 0 spiro atoms. The lowest BCUT2D eigenvalue weighted by Crippen LogP contribution is -2.07. The predicted molar refractivity (Wildman–Crippen MR) is 65.4 cm³/mol. The molecule has 0 N–H and O–H groups in total. The summed E-state index contributed by atoms with van der Waals surface area (Å²) in [5.74, 6) is 0.645. The molecule has 0 unspecified atom stereocenters. The number of rotatable bonds is 10. The summed E-state index contributed by atoms with van der Waals surface area (Å²) in [4.78, 5) is 11.2. The Morgan fingerprint density at radius 2 is 1.88 bits per heavy atom. The zero-order chi connectivity index (χ0) is 12.2. The molecule has 0 aliphatic rings. The topological polar surface area (TPSA) is 35.5 Å². The van der Waals surface area contributed by atoms with E-state index in [1.165, 1.54) is 6.42 Å². The van der Waals surface area contributed by atoms with E-state index < -0.39 is 0 Å². The minimum Gasteiger partial charge on any atom is -0.466 e. The molecule has 0 aromatic carbocycles. The SMILES string of the molecule is CCOCCCC(=O)OCCCCC(C)C. The molecule has 0 rings (SSSR count). The predicted octanol–water partition coefficient (Wildman–Crippen LogP) is 3.17. The lowest BCUT2D eigenvalue weighted by molar-refractivity contribution is -0.144. The van der Waals surface area contributed by atoms with Crippen molar-refractivity contribution >= 4 is 5.97 Å². The molecule has 0 bridgehead atoms. The first-order valence-electron chi connectivity index (χ1n) is 6.40. The molecule has 0 aliphatic carbocycles. The molecule has 3 nitrogen and oxygen atoms in total. The highest BCUT2D eigenvalue weighted by Crippen LogP contribution is 2.06. The standard InChI is InChI=1S/C13H26O3/c1-4-15-10-7-9-13(14)16-11-6-5-8-12(2)3/h12H,4-11H2,1-3H3. The van der Waals surface area contributed by atoms with Gasteiger partial charge in [0, 0.05) is 19.6 Å². The van der Waals surface area contributed by atoms with Gasteiger partial charge in [0.25, 0.3) is 0 Å². The fourth-order valence-electron chi connectivity index (χ4n) is 1.38. The number of unbranched alkanes of at least 4 members (excludes halogenated alkanes) is 1. The molecule has 0 radical (unpaired) electrons. The second kappa shape index (κ2) is 10.9. The fourth-order valence-corrected chi connectivity index (χ4v) is 1.38. The summed E-state index contributed by atoms with van der Waals surface area (Å²) in [7, 11) is 0. The van der Waals surface area contributed by atoms with Crippen molar-refractivity contribution in [2.45, 2.75) is 52.9 Å². The van der Waals surface area contributed by atoms with Gasteiger partial charge in [-0.25, -0.2) is 0 Å². The van der Waals surface area contributed by atoms with Gasteiger partial charge < -0.3 is 9.47 Å². The normalized spacial score (nSPS) is 10.8. The number of esters is 1. The van der Waals surface area contributed by atoms with Crippen molar-refractivity contribution < 1.29 is 14.3 Å². The van der Waals surface area contributed by atoms with E-state index >= 15 is 0 Å². The summed E-state index contributed by atoms with van der Waals surface area (Å²) in [5, 5.41) is 0. The number of carbonyl (C=O) groups is 1. The fraction of sp³-hybridized carbons (Fsp3) is 0.923. The van der Waals surface area contributed by atoms with E-state index in [-0.39, 0.29) is 5.97 Å². The van der Waals surface area contributed by atoms with Crippen molar-refractivity contribution in [3.05, 3.63) is 0 Å². The largest absolute Gasteiger partial charge is 0.466 e. The van der Waals surface area contributed by atoms with Crippen molar-refractivity contribution in [3.63, 3.8) is 0 Å². The molecule has 96 valence electrons. The Balaban J connectivity index is 3.17. The Kier molecular flexibility index (Phi) is 10.5. The van der Waals surface area contributed by atoms with E-state index in [4.69, 9.17) is 9.47 Å². The van der Waals surface area contributed by atoms with E-state index in [2.05, 4.69) is 13.8 Å². The van der Waals surface area contributed by atoms with Gasteiger partial charge in [0.2, 0.25) is 0 Å². The highest BCUT2D eigenvalue weighted by molar-refractivity contribution is 5.69. The molecule has 0 fully saturated rings. The van der Waals surface area contributed by atoms with Crippen LogP contribution in [-0.4, -0.2) is 25.8 Å². The van der Waals surface area contributed by atoms with Gasteiger partial charge in [-0.15, -0.1) is 0 Å². The lowest BCUT2D eigenvalue weighted by atomic mass is 10.1.